The maximum atomic E-state index is 15.3. The van der Waals surface area contributed by atoms with Gasteiger partial charge in [0.1, 0.15) is 54.9 Å². The predicted octanol–water partition coefficient (Wildman–Crippen LogP) is -7.96. The number of nitrogens with one attached hydrogen (secondary N) is 14. The predicted molar refractivity (Wildman–Crippen MR) is 443 cm³/mol. The van der Waals surface area contributed by atoms with Gasteiger partial charge in [0.15, 0.2) is 5.96 Å². The SMILES string of the molecule is CCCC[C@H](NC(C)=O)C(=O)N[C@H]1Cc2cn(nn2)CCCC[C@@H](C(=O)N[C@@H](CCCCNC(=O)COCCOCCNC(=O)CN2CCN(CC(=O)[O-])CCN(CC(N)=O)CCN(CC(=O)[O-])CC2)C(N)=O)NC(=O)[C@H](Cc2c[nH]c3ccccc23)NC(=O)[C@H](CCCNC(=N)N)NC(=O)[C@@H](Cc2ccccc2)NC(=O)[C@H](Cc2cnc[nH]2)NC1=O.[203Pb+2]. The Morgan fingerprint density at radius 1 is 0.602 bits per heavy atom. The third kappa shape index (κ3) is 38.0. The van der Waals surface area contributed by atoms with Crippen LogP contribution in [0.2, 0.25) is 0 Å². The van der Waals surface area contributed by atoms with Crippen LogP contribution in [0.15, 0.2) is 79.5 Å². The molecule has 20 N–H and O–H groups in total. The van der Waals surface area contributed by atoms with Crippen molar-refractivity contribution in [2.45, 2.75) is 165 Å². The second kappa shape index (κ2) is 54.4. The summed E-state index contributed by atoms with van der Waals surface area (Å²) in [5.41, 5.74) is 19.5. The van der Waals surface area contributed by atoms with Crippen LogP contribution in [0.5, 0.6) is 0 Å². The summed E-state index contributed by atoms with van der Waals surface area (Å²) in [7, 11) is 0. The number of nitrogens with two attached hydrogens (primary N) is 3. The largest absolute Gasteiger partial charge is 2.00 e. The van der Waals surface area contributed by atoms with Gasteiger partial charge in [0.05, 0.1) is 56.9 Å². The standard InChI is InChI=1S/C79H119N25O18.Pb/c1-3-4-18-59(90-51(2)105)72(114)96-65-41-55-44-104(99-98-55)26-13-11-21-60(73(115)91-58(71(81)113)20-10-12-23-85-68(108)49-122-37-36-121-35-25-86-67(107)46-101-29-33-102(47-69(109)110)31-27-100(45-66(80)106)28-32-103(34-30-101)48-70(111)112)92-76(118)63(39-53-42-88-57-19-9-8-17-56(53)57)95-74(116)61(22-14-24-87-79(82)83)93-75(117)62(38-52-15-6-5-7-16-52)94-77(119)64(97-78(65)120)40-54-43-84-50-89-54;/h5-9,15-17,19,42-44,50,58-65,88H,3-4,10-14,18,20-41,45-49H2,1-2H3,(H2,80,106)(H2,81,113)(H,84,89)(H,85,108)(H,86,107)(H,90,105)(H,91,115)(H,92,118)(H,93,117)(H,94,119)(H,95,116)(H,96,114)(H,97,120)(H,109,110)(H,111,112)(H4,82,83,87);/q;+2/p-2/t58-,59-,60-,61-,62+,63-,64-,65-;/m0./s1/i;1-4. The smallest absolute Gasteiger partial charge is 0.549 e. The minimum absolute atomic E-state index is 0. The van der Waals surface area contributed by atoms with Crippen molar-refractivity contribution in [2.24, 2.45) is 17.2 Å². The number of primary amides is 2. The Morgan fingerprint density at radius 2 is 1.19 bits per heavy atom. The number of unbranched alkanes of at least 4 members (excludes halogenated alkanes) is 2. The number of carbonyl (C=O) groups excluding carboxylic acids is 14. The molecule has 44 heteroatoms. The normalized spacial score (nSPS) is 19.3. The number of aromatic nitrogens is 6. The van der Waals surface area contributed by atoms with Crippen LogP contribution in [-0.2, 0) is 109 Å². The van der Waals surface area contributed by atoms with E-state index in [9.17, 15) is 58.2 Å². The molecule has 3 aromatic heterocycles. The molecule has 2 aliphatic heterocycles. The number of para-hydroxylation sites is 1. The van der Waals surface area contributed by atoms with Crippen molar-refractivity contribution in [3.63, 3.8) is 0 Å². The number of hydrogen-bond donors (Lipinski definition) is 17. The maximum Gasteiger partial charge on any atom is 2.00 e. The molecule has 2 aromatic carbocycles. The van der Waals surface area contributed by atoms with E-state index >= 15 is 19.2 Å². The molecule has 8 atom stereocenters. The van der Waals surface area contributed by atoms with Gasteiger partial charge >= 0.3 is 27.3 Å². The van der Waals surface area contributed by atoms with Crippen LogP contribution in [0.25, 0.3) is 10.9 Å². The molecule has 1 saturated heterocycles. The molecule has 2 bridgehead atoms. The van der Waals surface area contributed by atoms with Crippen molar-refractivity contribution in [3.8, 4) is 0 Å². The second-order valence-corrected chi connectivity index (χ2v) is 30.1. The van der Waals surface area contributed by atoms with Gasteiger partial charge in [0.25, 0.3) is 0 Å². The summed E-state index contributed by atoms with van der Waals surface area (Å²) < 4.78 is 12.6. The van der Waals surface area contributed by atoms with Gasteiger partial charge in [-0.05, 0) is 75.0 Å². The number of aliphatic carboxylic acids is 2. The summed E-state index contributed by atoms with van der Waals surface area (Å²) in [6, 6.07) is 4.72. The van der Waals surface area contributed by atoms with Gasteiger partial charge in [-0.2, -0.15) is 0 Å². The van der Waals surface area contributed by atoms with Crippen LogP contribution in [0, 0.1) is 5.41 Å². The molecule has 2 radical (unpaired) electrons. The molecule has 0 unspecified atom stereocenters. The fourth-order valence-electron chi connectivity index (χ4n) is 13.8. The molecular weight excluding hydrogens is 1790 g/mol. The number of benzene rings is 2. The summed E-state index contributed by atoms with van der Waals surface area (Å²) in [6.45, 7) is 4.32. The zero-order valence-corrected chi connectivity index (χ0v) is 73.4. The number of hydrogen-bond acceptors (Lipinski definition) is 26. The number of carboxylic acid groups (broad SMARTS) is 2. The molecule has 0 saturated carbocycles. The van der Waals surface area contributed by atoms with Crippen molar-refractivity contribution in [1.29, 1.82) is 5.41 Å². The van der Waals surface area contributed by atoms with Crippen molar-refractivity contribution in [3.05, 3.63) is 102 Å². The number of H-pyrrole nitrogens is 2. The van der Waals surface area contributed by atoms with Gasteiger partial charge in [0, 0.05) is 159 Å². The van der Waals surface area contributed by atoms with E-state index in [4.69, 9.17) is 32.1 Å². The van der Waals surface area contributed by atoms with Crippen molar-refractivity contribution < 1.29 is 86.8 Å². The quantitative estimate of drug-likeness (QED) is 0.00750. The number of rotatable bonds is 40. The van der Waals surface area contributed by atoms with E-state index < -0.39 is 138 Å². The van der Waals surface area contributed by atoms with E-state index in [1.54, 1.807) is 68.3 Å². The number of amides is 12. The molecule has 7 rings (SSSR count). The average molecular weight is 1910 g/mol. The van der Waals surface area contributed by atoms with Crippen LogP contribution < -0.4 is 85.9 Å². The molecule has 43 nitrogen and oxygen atoms in total. The van der Waals surface area contributed by atoms with Gasteiger partial charge < -0.3 is 115 Å². The Balaban J connectivity index is 0.0000234. The monoisotopic (exact) mass is 1910 g/mol. The third-order valence-corrected chi connectivity index (χ3v) is 20.3. The molecule has 5 aromatic rings. The third-order valence-electron chi connectivity index (χ3n) is 20.3. The summed E-state index contributed by atoms with van der Waals surface area (Å²) in [4.78, 5) is 208. The number of aryl methyl sites for hydroxylation is 1. The molecule has 0 spiro atoms. The van der Waals surface area contributed by atoms with Gasteiger partial charge in [-0.1, -0.05) is 73.5 Å². The molecule has 2 aliphatic rings. The number of carboxylic acids is 2. The summed E-state index contributed by atoms with van der Waals surface area (Å²) >= 11 is 0. The van der Waals surface area contributed by atoms with Crippen molar-refractivity contribution in [2.75, 3.05) is 125 Å². The molecular formula is C79H117N25O18Pb. The average Bonchev–Trinajstić information content (AvgIpc) is 1.69. The first-order chi connectivity index (χ1) is 58.6. The number of imidazole rings is 1. The Hall–Kier alpha value is -11.1. The van der Waals surface area contributed by atoms with E-state index in [0.717, 1.165) is 0 Å². The number of aromatic amines is 2. The van der Waals surface area contributed by atoms with Gasteiger partial charge in [-0.25, -0.2) is 4.98 Å². The van der Waals surface area contributed by atoms with Crippen molar-refractivity contribution in [1.82, 2.24) is 108 Å². The Labute approximate surface area is 732 Å². The van der Waals surface area contributed by atoms with Crippen LogP contribution in [0.3, 0.4) is 0 Å². The first-order valence-electron chi connectivity index (χ1n) is 41.1. The number of carbonyl (C=O) groups is 14. The number of ether oxygens (including phenoxy) is 2. The first kappa shape index (κ1) is 101. The van der Waals surface area contributed by atoms with Gasteiger partial charge in [-0.3, -0.25) is 87.2 Å². The maximum absolute atomic E-state index is 15.3. The fraction of sp³-hybridized carbons (Fsp3) is 0.570. The summed E-state index contributed by atoms with van der Waals surface area (Å²) in [5, 5.41) is 70.7. The van der Waals surface area contributed by atoms with E-state index in [-0.39, 0.29) is 240 Å². The van der Waals surface area contributed by atoms with Gasteiger partial charge in [0.2, 0.25) is 70.9 Å². The molecule has 123 heavy (non-hydrogen) atoms. The van der Waals surface area contributed by atoms with Crippen LogP contribution >= 0.6 is 0 Å². The topological polar surface area (TPSA) is 626 Å². The van der Waals surface area contributed by atoms with E-state index in [2.05, 4.69) is 83.7 Å². The van der Waals surface area contributed by atoms with Crippen molar-refractivity contribution >= 4 is 127 Å². The van der Waals surface area contributed by atoms with E-state index in [0.29, 0.717) is 47.0 Å². The molecule has 1 fully saturated rings. The van der Waals surface area contributed by atoms with Crippen LogP contribution in [0.1, 0.15) is 107 Å². The van der Waals surface area contributed by atoms with E-state index in [1.807, 2.05) is 19.1 Å². The van der Waals surface area contributed by atoms with E-state index in [1.165, 1.54) is 30.3 Å². The fourth-order valence-corrected chi connectivity index (χ4v) is 13.8. The molecule has 12 amide bonds. The zero-order valence-electron chi connectivity index (χ0n) is 69.5. The Morgan fingerprint density at radius 3 is 1.82 bits per heavy atom. The number of guanidine groups is 1. The van der Waals surface area contributed by atoms with Gasteiger partial charge in [-0.15, -0.1) is 5.10 Å². The zero-order chi connectivity index (χ0) is 88.3. The Kier molecular flexibility index (Phi) is 44.5. The minimum Gasteiger partial charge on any atom is -0.549 e. The number of nitrogens with zero attached hydrogens (tertiary/aromatic N) is 8. The molecule has 0 aliphatic carbocycles. The first-order valence-corrected chi connectivity index (χ1v) is 41.1. The summed E-state index contributed by atoms with van der Waals surface area (Å²) in [6.07, 6.45) is 7.55. The van der Waals surface area contributed by atoms with Crippen LogP contribution in [0.4, 0.5) is 0 Å². The minimum atomic E-state index is -1.48. The summed E-state index contributed by atoms with van der Waals surface area (Å²) in [5.74, 6) is -11.7. The second-order valence-electron chi connectivity index (χ2n) is 30.1. The molecule has 5 heterocycles. The molecule has 670 valence electrons. The van der Waals surface area contributed by atoms with Crippen LogP contribution in [-0.4, -0.2) is 339 Å². The number of fused-ring (bicyclic) bond motifs is 3. The Bertz CT molecular complexity index is 4220.